The first kappa shape index (κ1) is 15.5. The molecule has 6 nitrogen and oxygen atoms in total. The van der Waals surface area contributed by atoms with E-state index in [-0.39, 0.29) is 5.91 Å². The molecule has 1 aromatic heterocycles. The van der Waals surface area contributed by atoms with Crippen molar-refractivity contribution in [2.45, 2.75) is 27.2 Å². The molecule has 2 heterocycles. The van der Waals surface area contributed by atoms with Gasteiger partial charge < -0.3 is 14.7 Å². The van der Waals surface area contributed by atoms with Crippen LogP contribution < -0.4 is 9.80 Å². The second-order valence-corrected chi connectivity index (χ2v) is 5.14. The highest BCUT2D eigenvalue weighted by atomic mass is 16.2. The van der Waals surface area contributed by atoms with Crippen LogP contribution in [-0.4, -0.2) is 60.3 Å². The smallest absolute Gasteiger partial charge is 0.222 e. The molecule has 116 valence electrons. The molecule has 1 aromatic rings. The first-order valence-electron chi connectivity index (χ1n) is 7.81. The summed E-state index contributed by atoms with van der Waals surface area (Å²) >= 11 is 0. The molecule has 0 spiro atoms. The normalized spacial score (nSPS) is 15.2. The fourth-order valence-corrected chi connectivity index (χ4v) is 2.61. The van der Waals surface area contributed by atoms with E-state index in [2.05, 4.69) is 33.8 Å². The molecule has 0 radical (unpaired) electrons. The fraction of sp³-hybridized carbons (Fsp3) is 0.667. The van der Waals surface area contributed by atoms with Crippen LogP contribution in [0.1, 0.15) is 27.2 Å². The van der Waals surface area contributed by atoms with Crippen LogP contribution in [0.3, 0.4) is 0 Å². The van der Waals surface area contributed by atoms with Crippen molar-refractivity contribution in [3.63, 3.8) is 0 Å². The summed E-state index contributed by atoms with van der Waals surface area (Å²) in [5.74, 6) is 2.05. The minimum Gasteiger partial charge on any atom is -0.356 e. The maximum Gasteiger partial charge on any atom is 0.222 e. The summed E-state index contributed by atoms with van der Waals surface area (Å²) in [5, 5.41) is 8.66. The lowest BCUT2D eigenvalue weighted by atomic mass is 10.3. The van der Waals surface area contributed by atoms with Gasteiger partial charge in [0.05, 0.1) is 0 Å². The highest BCUT2D eigenvalue weighted by Gasteiger charge is 2.21. The first-order chi connectivity index (χ1) is 10.2. The number of anilines is 2. The molecule has 2 rings (SSSR count). The summed E-state index contributed by atoms with van der Waals surface area (Å²) in [4.78, 5) is 18.0. The molecule has 6 heteroatoms. The molecular formula is C15H25N5O. The molecule has 0 N–H and O–H groups in total. The summed E-state index contributed by atoms with van der Waals surface area (Å²) in [6.07, 6.45) is 0.582. The van der Waals surface area contributed by atoms with Gasteiger partial charge in [0.15, 0.2) is 11.6 Å². The van der Waals surface area contributed by atoms with Crippen molar-refractivity contribution in [2.75, 3.05) is 49.1 Å². The maximum atomic E-state index is 11.7. The van der Waals surface area contributed by atoms with Crippen molar-refractivity contribution >= 4 is 17.5 Å². The monoisotopic (exact) mass is 291 g/mol. The number of piperazine rings is 1. The van der Waals surface area contributed by atoms with E-state index in [4.69, 9.17) is 0 Å². The second-order valence-electron chi connectivity index (χ2n) is 5.14. The van der Waals surface area contributed by atoms with Gasteiger partial charge in [0, 0.05) is 45.7 Å². The van der Waals surface area contributed by atoms with Crippen LogP contribution in [0.4, 0.5) is 11.6 Å². The van der Waals surface area contributed by atoms with Crippen molar-refractivity contribution in [3.8, 4) is 0 Å². The molecule has 0 bridgehead atoms. The fourth-order valence-electron chi connectivity index (χ4n) is 2.61. The number of carbonyl (C=O) groups is 1. The topological polar surface area (TPSA) is 52.6 Å². The summed E-state index contributed by atoms with van der Waals surface area (Å²) in [6, 6.07) is 4.05. The Morgan fingerprint density at radius 3 is 2.24 bits per heavy atom. The van der Waals surface area contributed by atoms with E-state index in [0.717, 1.165) is 50.9 Å². The van der Waals surface area contributed by atoms with Crippen molar-refractivity contribution < 1.29 is 4.79 Å². The lowest BCUT2D eigenvalue weighted by molar-refractivity contribution is -0.131. The van der Waals surface area contributed by atoms with Gasteiger partial charge in [0.2, 0.25) is 5.91 Å². The van der Waals surface area contributed by atoms with Crippen LogP contribution in [0, 0.1) is 0 Å². The Morgan fingerprint density at radius 1 is 1.10 bits per heavy atom. The van der Waals surface area contributed by atoms with Crippen molar-refractivity contribution in [3.05, 3.63) is 12.1 Å². The van der Waals surface area contributed by atoms with Crippen molar-refractivity contribution in [2.24, 2.45) is 0 Å². The van der Waals surface area contributed by atoms with E-state index in [1.165, 1.54) is 0 Å². The Hall–Kier alpha value is -1.85. The van der Waals surface area contributed by atoms with Gasteiger partial charge in [0.1, 0.15) is 0 Å². The van der Waals surface area contributed by atoms with Gasteiger partial charge in [-0.05, 0) is 26.0 Å². The van der Waals surface area contributed by atoms with Gasteiger partial charge in [-0.25, -0.2) is 0 Å². The largest absolute Gasteiger partial charge is 0.356 e. The summed E-state index contributed by atoms with van der Waals surface area (Å²) in [6.45, 7) is 11.2. The second kappa shape index (κ2) is 7.24. The summed E-state index contributed by atoms with van der Waals surface area (Å²) in [5.41, 5.74) is 0. The average Bonchev–Trinajstić information content (AvgIpc) is 2.56. The zero-order valence-electron chi connectivity index (χ0n) is 13.2. The predicted octanol–water partition coefficient (Wildman–Crippen LogP) is 1.38. The number of amides is 1. The molecular weight excluding hydrogens is 266 g/mol. The summed E-state index contributed by atoms with van der Waals surface area (Å²) < 4.78 is 0. The molecule has 1 aliphatic rings. The van der Waals surface area contributed by atoms with Crippen LogP contribution in [0.2, 0.25) is 0 Å². The minimum absolute atomic E-state index is 0.234. The Labute approximate surface area is 126 Å². The third kappa shape index (κ3) is 3.62. The SMILES string of the molecule is CCC(=O)N1CCN(c2ccc(N(CC)CC)nn2)CC1. The predicted molar refractivity (Wildman–Crippen MR) is 84.7 cm³/mol. The Morgan fingerprint density at radius 2 is 1.76 bits per heavy atom. The average molecular weight is 291 g/mol. The molecule has 0 aromatic carbocycles. The van der Waals surface area contributed by atoms with E-state index >= 15 is 0 Å². The Kier molecular flexibility index (Phi) is 5.36. The quantitative estimate of drug-likeness (QED) is 0.820. The highest BCUT2D eigenvalue weighted by molar-refractivity contribution is 5.76. The van der Waals surface area contributed by atoms with E-state index in [1.54, 1.807) is 0 Å². The minimum atomic E-state index is 0.234. The van der Waals surface area contributed by atoms with E-state index in [1.807, 2.05) is 24.0 Å². The third-order valence-electron chi connectivity index (χ3n) is 3.98. The number of hydrogen-bond donors (Lipinski definition) is 0. The molecule has 0 atom stereocenters. The summed E-state index contributed by atoms with van der Waals surface area (Å²) in [7, 11) is 0. The van der Waals surface area contributed by atoms with E-state index in [0.29, 0.717) is 6.42 Å². The molecule has 1 fully saturated rings. The van der Waals surface area contributed by atoms with Gasteiger partial charge in [-0.15, -0.1) is 10.2 Å². The number of hydrogen-bond acceptors (Lipinski definition) is 5. The molecule has 1 saturated heterocycles. The maximum absolute atomic E-state index is 11.7. The lowest BCUT2D eigenvalue weighted by Gasteiger charge is -2.35. The van der Waals surface area contributed by atoms with Crippen molar-refractivity contribution in [1.29, 1.82) is 0 Å². The molecule has 0 aliphatic carbocycles. The van der Waals surface area contributed by atoms with Crippen LogP contribution in [0.5, 0.6) is 0 Å². The van der Waals surface area contributed by atoms with Gasteiger partial charge in [0.25, 0.3) is 0 Å². The molecule has 1 amide bonds. The number of rotatable bonds is 5. The molecule has 1 aliphatic heterocycles. The van der Waals surface area contributed by atoms with Crippen molar-refractivity contribution in [1.82, 2.24) is 15.1 Å². The van der Waals surface area contributed by atoms with E-state index < -0.39 is 0 Å². The zero-order chi connectivity index (χ0) is 15.2. The highest BCUT2D eigenvalue weighted by Crippen LogP contribution is 2.16. The lowest BCUT2D eigenvalue weighted by Crippen LogP contribution is -2.48. The molecule has 0 unspecified atom stereocenters. The van der Waals surface area contributed by atoms with Crippen LogP contribution in [0.25, 0.3) is 0 Å². The zero-order valence-corrected chi connectivity index (χ0v) is 13.2. The third-order valence-corrected chi connectivity index (χ3v) is 3.98. The van der Waals surface area contributed by atoms with Gasteiger partial charge >= 0.3 is 0 Å². The first-order valence-corrected chi connectivity index (χ1v) is 7.81. The number of carbonyl (C=O) groups excluding carboxylic acids is 1. The Bertz CT molecular complexity index is 450. The van der Waals surface area contributed by atoms with Crippen LogP contribution in [-0.2, 0) is 4.79 Å². The van der Waals surface area contributed by atoms with Gasteiger partial charge in [-0.3, -0.25) is 4.79 Å². The van der Waals surface area contributed by atoms with Gasteiger partial charge in [-0.1, -0.05) is 6.92 Å². The standard InChI is InChI=1S/C15H25N5O/c1-4-15(21)20-11-9-19(10-12-20)14-8-7-13(16-17-14)18(5-2)6-3/h7-8H,4-6,9-12H2,1-3H3. The number of aromatic nitrogens is 2. The molecule has 0 saturated carbocycles. The molecule has 21 heavy (non-hydrogen) atoms. The van der Waals surface area contributed by atoms with Crippen LogP contribution >= 0.6 is 0 Å². The van der Waals surface area contributed by atoms with Crippen LogP contribution in [0.15, 0.2) is 12.1 Å². The number of nitrogens with zero attached hydrogens (tertiary/aromatic N) is 5. The van der Waals surface area contributed by atoms with E-state index in [9.17, 15) is 4.79 Å². The van der Waals surface area contributed by atoms with Gasteiger partial charge in [-0.2, -0.15) is 0 Å². The Balaban J connectivity index is 1.96.